The maximum Gasteiger partial charge on any atom is 0.341 e. The van der Waals surface area contributed by atoms with Crippen LogP contribution in [0.2, 0.25) is 5.02 Å². The van der Waals surface area contributed by atoms with Gasteiger partial charge in [0.05, 0.1) is 11.7 Å². The molecule has 0 saturated carbocycles. The van der Waals surface area contributed by atoms with Gasteiger partial charge in [-0.3, -0.25) is 5.32 Å². The van der Waals surface area contributed by atoms with E-state index in [4.69, 9.17) is 16.3 Å². The summed E-state index contributed by atoms with van der Waals surface area (Å²) in [5, 5.41) is 6.40. The molecule has 0 aliphatic rings. The number of rotatable bonds is 4. The molecule has 0 radical (unpaired) electrons. The van der Waals surface area contributed by atoms with Crippen molar-refractivity contribution in [2.45, 2.75) is 33.8 Å². The number of thiophene rings is 1. The number of esters is 1. The number of amides is 2. The van der Waals surface area contributed by atoms with Crippen molar-refractivity contribution in [1.29, 1.82) is 0 Å². The second-order valence-electron chi connectivity index (χ2n) is 5.53. The van der Waals surface area contributed by atoms with Gasteiger partial charge in [-0.05, 0) is 51.5 Å². The lowest BCUT2D eigenvalue weighted by atomic mass is 10.1. The number of ether oxygens (including phenoxy) is 1. The predicted octanol–water partition coefficient (Wildman–Crippen LogP) is 5.23. The second kappa shape index (κ2) is 7.68. The summed E-state index contributed by atoms with van der Waals surface area (Å²) >= 11 is 7.24. The number of benzene rings is 1. The highest BCUT2D eigenvalue weighted by Crippen LogP contribution is 2.33. The standard InChI is InChI=1S/C17H19ClN2O3S/c1-9(2)23-16(21)14-10(3)11(4)24-15(14)20-17(22)19-13-7-5-6-12(18)8-13/h5-9H,1-4H3,(H2,19,20,22). The van der Waals surface area contributed by atoms with E-state index in [2.05, 4.69) is 10.6 Å². The Balaban J connectivity index is 2.18. The maximum absolute atomic E-state index is 12.3. The van der Waals surface area contributed by atoms with Crippen LogP contribution in [0.25, 0.3) is 0 Å². The number of nitrogens with one attached hydrogen (secondary N) is 2. The van der Waals surface area contributed by atoms with Crippen LogP contribution in [0, 0.1) is 13.8 Å². The van der Waals surface area contributed by atoms with E-state index >= 15 is 0 Å². The lowest BCUT2D eigenvalue weighted by molar-refractivity contribution is 0.0379. The molecule has 2 aromatic rings. The first-order valence-corrected chi connectivity index (χ1v) is 8.62. The molecule has 0 aliphatic heterocycles. The third-order valence-electron chi connectivity index (χ3n) is 3.24. The average molecular weight is 367 g/mol. The molecule has 0 spiro atoms. The smallest absolute Gasteiger partial charge is 0.341 e. The zero-order chi connectivity index (χ0) is 17.9. The summed E-state index contributed by atoms with van der Waals surface area (Å²) in [6.07, 6.45) is -0.231. The monoisotopic (exact) mass is 366 g/mol. The van der Waals surface area contributed by atoms with E-state index < -0.39 is 12.0 Å². The van der Waals surface area contributed by atoms with Gasteiger partial charge in [-0.25, -0.2) is 9.59 Å². The minimum Gasteiger partial charge on any atom is -0.459 e. The molecule has 2 rings (SSSR count). The summed E-state index contributed by atoms with van der Waals surface area (Å²) in [5.74, 6) is -0.440. The number of aryl methyl sites for hydroxylation is 1. The molecule has 7 heteroatoms. The van der Waals surface area contributed by atoms with E-state index in [-0.39, 0.29) is 6.10 Å². The predicted molar refractivity (Wildman–Crippen MR) is 98.4 cm³/mol. The van der Waals surface area contributed by atoms with Crippen molar-refractivity contribution in [3.05, 3.63) is 45.3 Å². The van der Waals surface area contributed by atoms with Crippen molar-refractivity contribution in [1.82, 2.24) is 0 Å². The Kier molecular flexibility index (Phi) is 5.85. The van der Waals surface area contributed by atoms with Gasteiger partial charge in [-0.2, -0.15) is 0 Å². The highest BCUT2D eigenvalue weighted by molar-refractivity contribution is 7.16. The van der Waals surface area contributed by atoms with Crippen LogP contribution in [-0.2, 0) is 4.74 Å². The van der Waals surface area contributed by atoms with Crippen molar-refractivity contribution in [3.63, 3.8) is 0 Å². The fourth-order valence-corrected chi connectivity index (χ4v) is 3.30. The number of anilines is 2. The molecule has 128 valence electrons. The Morgan fingerprint density at radius 2 is 1.92 bits per heavy atom. The quantitative estimate of drug-likeness (QED) is 0.728. The minimum atomic E-state index is -0.447. The highest BCUT2D eigenvalue weighted by Gasteiger charge is 2.23. The molecule has 0 fully saturated rings. The molecule has 5 nitrogen and oxygen atoms in total. The molecule has 24 heavy (non-hydrogen) atoms. The lowest BCUT2D eigenvalue weighted by Crippen LogP contribution is -2.21. The molecule has 2 amide bonds. The van der Waals surface area contributed by atoms with Crippen molar-refractivity contribution in [3.8, 4) is 0 Å². The van der Waals surface area contributed by atoms with Gasteiger partial charge in [0.25, 0.3) is 0 Å². The largest absolute Gasteiger partial charge is 0.459 e. The molecule has 1 heterocycles. The van der Waals surface area contributed by atoms with Crippen LogP contribution in [-0.4, -0.2) is 18.1 Å². The fraction of sp³-hybridized carbons (Fsp3) is 0.294. The molecule has 0 unspecified atom stereocenters. The molecular formula is C17H19ClN2O3S. The number of halogens is 1. The van der Waals surface area contributed by atoms with E-state index in [1.807, 2.05) is 13.8 Å². The van der Waals surface area contributed by atoms with Gasteiger partial charge in [-0.15, -0.1) is 11.3 Å². The van der Waals surface area contributed by atoms with Crippen molar-refractivity contribution in [2.24, 2.45) is 0 Å². The molecular weight excluding hydrogens is 348 g/mol. The zero-order valence-corrected chi connectivity index (χ0v) is 15.5. The van der Waals surface area contributed by atoms with Crippen molar-refractivity contribution in [2.75, 3.05) is 10.6 Å². The van der Waals surface area contributed by atoms with Gasteiger partial charge in [0.15, 0.2) is 0 Å². The average Bonchev–Trinajstić information content (AvgIpc) is 2.72. The molecule has 0 aliphatic carbocycles. The van der Waals surface area contributed by atoms with Crippen LogP contribution in [0.3, 0.4) is 0 Å². The Hall–Kier alpha value is -2.05. The summed E-state index contributed by atoms with van der Waals surface area (Å²) < 4.78 is 5.27. The van der Waals surface area contributed by atoms with Crippen LogP contribution in [0.4, 0.5) is 15.5 Å². The minimum absolute atomic E-state index is 0.231. The van der Waals surface area contributed by atoms with E-state index in [1.165, 1.54) is 11.3 Å². The lowest BCUT2D eigenvalue weighted by Gasteiger charge is -2.11. The van der Waals surface area contributed by atoms with Gasteiger partial charge in [-0.1, -0.05) is 17.7 Å². The molecule has 0 saturated heterocycles. The van der Waals surface area contributed by atoms with E-state index in [0.29, 0.717) is 21.3 Å². The normalized spacial score (nSPS) is 10.6. The van der Waals surface area contributed by atoms with E-state index in [0.717, 1.165) is 10.4 Å². The third kappa shape index (κ3) is 4.49. The highest BCUT2D eigenvalue weighted by atomic mass is 35.5. The van der Waals surface area contributed by atoms with Gasteiger partial charge in [0, 0.05) is 15.6 Å². The van der Waals surface area contributed by atoms with Gasteiger partial charge < -0.3 is 10.1 Å². The van der Waals surface area contributed by atoms with Crippen LogP contribution in [0.1, 0.15) is 34.6 Å². The summed E-state index contributed by atoms with van der Waals surface area (Å²) in [7, 11) is 0. The molecule has 0 atom stereocenters. The number of carbonyl (C=O) groups excluding carboxylic acids is 2. The summed E-state index contributed by atoms with van der Waals surface area (Å²) in [6.45, 7) is 7.30. The Bertz CT molecular complexity index is 771. The van der Waals surface area contributed by atoms with Crippen LogP contribution >= 0.6 is 22.9 Å². The first-order chi connectivity index (χ1) is 11.3. The zero-order valence-electron chi connectivity index (χ0n) is 13.9. The van der Waals surface area contributed by atoms with Gasteiger partial charge in [0.2, 0.25) is 0 Å². The van der Waals surface area contributed by atoms with Gasteiger partial charge in [0.1, 0.15) is 5.00 Å². The summed E-state index contributed by atoms with van der Waals surface area (Å²) in [4.78, 5) is 25.4. The van der Waals surface area contributed by atoms with Crippen LogP contribution < -0.4 is 10.6 Å². The Labute approximate surface area is 150 Å². The summed E-state index contributed by atoms with van der Waals surface area (Å²) in [5.41, 5.74) is 1.77. The van der Waals surface area contributed by atoms with Crippen molar-refractivity contribution < 1.29 is 14.3 Å². The molecule has 0 bridgehead atoms. The van der Waals surface area contributed by atoms with Gasteiger partial charge >= 0.3 is 12.0 Å². The molecule has 1 aromatic carbocycles. The van der Waals surface area contributed by atoms with E-state index in [9.17, 15) is 9.59 Å². The Morgan fingerprint density at radius 1 is 1.21 bits per heavy atom. The van der Waals surface area contributed by atoms with Crippen LogP contribution in [0.5, 0.6) is 0 Å². The Morgan fingerprint density at radius 3 is 2.54 bits per heavy atom. The number of urea groups is 1. The first-order valence-electron chi connectivity index (χ1n) is 7.42. The topological polar surface area (TPSA) is 67.4 Å². The summed E-state index contributed by atoms with van der Waals surface area (Å²) in [6, 6.07) is 6.38. The number of carbonyl (C=O) groups is 2. The molecule has 1 aromatic heterocycles. The van der Waals surface area contributed by atoms with Crippen molar-refractivity contribution >= 4 is 45.6 Å². The second-order valence-corrected chi connectivity index (χ2v) is 7.19. The van der Waals surface area contributed by atoms with E-state index in [1.54, 1.807) is 38.1 Å². The number of hydrogen-bond donors (Lipinski definition) is 2. The van der Waals surface area contributed by atoms with Crippen LogP contribution in [0.15, 0.2) is 24.3 Å². The number of hydrogen-bond acceptors (Lipinski definition) is 4. The third-order valence-corrected chi connectivity index (χ3v) is 4.60. The molecule has 2 N–H and O–H groups in total. The SMILES string of the molecule is Cc1sc(NC(=O)Nc2cccc(Cl)c2)c(C(=O)OC(C)C)c1C. The maximum atomic E-state index is 12.3. The fourth-order valence-electron chi connectivity index (χ4n) is 2.07. The first kappa shape index (κ1) is 18.3.